The quantitative estimate of drug-likeness (QED) is 0.362. The van der Waals surface area contributed by atoms with Crippen molar-refractivity contribution in [3.63, 3.8) is 0 Å². The van der Waals surface area contributed by atoms with Crippen LogP contribution in [0.5, 0.6) is 0 Å². The lowest BCUT2D eigenvalue weighted by Crippen LogP contribution is -2.06. The number of carbonyl (C=O) groups is 1. The van der Waals surface area contributed by atoms with Gasteiger partial charge in [0.1, 0.15) is 0 Å². The average molecular weight is 404 g/mol. The molecule has 0 radical (unpaired) electrons. The molecule has 0 fully saturated rings. The van der Waals surface area contributed by atoms with E-state index in [0.717, 1.165) is 10.5 Å². The van der Waals surface area contributed by atoms with Crippen LogP contribution in [-0.2, 0) is 11.3 Å². The zero-order chi connectivity index (χ0) is 17.8. The summed E-state index contributed by atoms with van der Waals surface area (Å²) in [5, 5.41) is 18.5. The monoisotopic (exact) mass is 403 g/mol. The maximum Gasteiger partial charge on any atom is 0.338 e. The van der Waals surface area contributed by atoms with Crippen LogP contribution < -0.4 is 0 Å². The topological polar surface area (TPSA) is 108 Å². The minimum absolute atomic E-state index is 0.0692. The van der Waals surface area contributed by atoms with Crippen LogP contribution in [0.2, 0.25) is 0 Å². The first-order valence-electron chi connectivity index (χ1n) is 7.03. The van der Waals surface area contributed by atoms with E-state index in [0.29, 0.717) is 5.56 Å². The van der Waals surface area contributed by atoms with Crippen LogP contribution in [0.15, 0.2) is 57.4 Å². The number of hydrogen-bond acceptors (Lipinski definition) is 7. The molecule has 25 heavy (non-hydrogen) atoms. The van der Waals surface area contributed by atoms with Crippen LogP contribution in [0.1, 0.15) is 16.2 Å². The fourth-order valence-corrected chi connectivity index (χ4v) is 2.47. The van der Waals surface area contributed by atoms with Crippen LogP contribution in [0, 0.1) is 10.1 Å². The van der Waals surface area contributed by atoms with Gasteiger partial charge in [0.05, 0.1) is 16.1 Å². The van der Waals surface area contributed by atoms with Crippen molar-refractivity contribution in [3.05, 3.63) is 74.6 Å². The molecule has 0 aliphatic rings. The summed E-state index contributed by atoms with van der Waals surface area (Å²) < 4.78 is 11.3. The van der Waals surface area contributed by atoms with Crippen molar-refractivity contribution in [2.75, 3.05) is 0 Å². The van der Waals surface area contributed by atoms with Crippen molar-refractivity contribution in [2.24, 2.45) is 0 Å². The van der Waals surface area contributed by atoms with Gasteiger partial charge in [-0.2, -0.15) is 0 Å². The standard InChI is InChI=1S/C16H10BrN3O5/c17-13-7-2-1-6-12(13)15-19-18-14(25-15)9-24-16(21)10-4-3-5-11(8-10)20(22)23/h1-8H,9H2. The van der Waals surface area contributed by atoms with Crippen molar-refractivity contribution in [1.82, 2.24) is 10.2 Å². The summed E-state index contributed by atoms with van der Waals surface area (Å²) in [5.41, 5.74) is 0.592. The van der Waals surface area contributed by atoms with Gasteiger partial charge in [-0.3, -0.25) is 10.1 Å². The number of nitro groups is 1. The molecule has 0 spiro atoms. The first-order valence-corrected chi connectivity index (χ1v) is 7.83. The summed E-state index contributed by atoms with van der Waals surface area (Å²) in [6, 6.07) is 12.6. The second kappa shape index (κ2) is 7.22. The number of nitro benzene ring substituents is 1. The minimum Gasteiger partial charge on any atom is -0.452 e. The molecule has 0 aliphatic heterocycles. The second-order valence-electron chi connectivity index (χ2n) is 4.86. The Morgan fingerprint density at radius 1 is 1.20 bits per heavy atom. The summed E-state index contributed by atoms with van der Waals surface area (Å²) in [4.78, 5) is 22.1. The lowest BCUT2D eigenvalue weighted by Gasteiger charge is -2.02. The fourth-order valence-electron chi connectivity index (χ4n) is 2.01. The van der Waals surface area contributed by atoms with Crippen molar-refractivity contribution < 1.29 is 18.9 Å². The lowest BCUT2D eigenvalue weighted by molar-refractivity contribution is -0.384. The van der Waals surface area contributed by atoms with Crippen molar-refractivity contribution in [1.29, 1.82) is 0 Å². The van der Waals surface area contributed by atoms with Crippen molar-refractivity contribution in [3.8, 4) is 11.5 Å². The van der Waals surface area contributed by atoms with E-state index in [-0.39, 0.29) is 29.6 Å². The van der Waals surface area contributed by atoms with Gasteiger partial charge in [-0.15, -0.1) is 10.2 Å². The number of esters is 1. The molecule has 0 atom stereocenters. The van der Waals surface area contributed by atoms with Gasteiger partial charge in [0.25, 0.3) is 11.6 Å². The average Bonchev–Trinajstić information content (AvgIpc) is 3.09. The molecule has 0 saturated carbocycles. The molecule has 1 aromatic heterocycles. The number of non-ortho nitro benzene ring substituents is 1. The predicted molar refractivity (Wildman–Crippen MR) is 89.6 cm³/mol. The number of hydrogen-bond donors (Lipinski definition) is 0. The first kappa shape index (κ1) is 16.8. The molecule has 0 N–H and O–H groups in total. The Bertz CT molecular complexity index is 941. The maximum absolute atomic E-state index is 12.0. The molecular formula is C16H10BrN3O5. The molecule has 0 amide bonds. The molecular weight excluding hydrogens is 394 g/mol. The third kappa shape index (κ3) is 3.89. The summed E-state index contributed by atoms with van der Waals surface area (Å²) >= 11 is 3.39. The SMILES string of the molecule is O=C(OCc1nnc(-c2ccccc2Br)o1)c1cccc([N+](=O)[O-])c1. The highest BCUT2D eigenvalue weighted by molar-refractivity contribution is 9.10. The number of halogens is 1. The van der Waals surface area contributed by atoms with Crippen molar-refractivity contribution in [2.45, 2.75) is 6.61 Å². The number of benzene rings is 2. The van der Waals surface area contributed by atoms with E-state index in [1.165, 1.54) is 18.2 Å². The number of ether oxygens (including phenoxy) is 1. The van der Waals surface area contributed by atoms with E-state index in [1.54, 1.807) is 6.07 Å². The second-order valence-corrected chi connectivity index (χ2v) is 5.72. The maximum atomic E-state index is 12.0. The number of rotatable bonds is 5. The van der Waals surface area contributed by atoms with Gasteiger partial charge in [-0.25, -0.2) is 4.79 Å². The minimum atomic E-state index is -0.718. The zero-order valence-electron chi connectivity index (χ0n) is 12.6. The highest BCUT2D eigenvalue weighted by Gasteiger charge is 2.15. The van der Waals surface area contributed by atoms with Gasteiger partial charge in [-0.05, 0) is 34.1 Å². The summed E-state index contributed by atoms with van der Waals surface area (Å²) in [6.07, 6.45) is 0. The molecule has 0 bridgehead atoms. The molecule has 3 aromatic rings. The van der Waals surface area contributed by atoms with Gasteiger partial charge in [0.15, 0.2) is 6.61 Å². The number of carbonyl (C=O) groups excluding carboxylic acids is 1. The zero-order valence-corrected chi connectivity index (χ0v) is 14.2. The van der Waals surface area contributed by atoms with E-state index < -0.39 is 10.9 Å². The molecule has 0 unspecified atom stereocenters. The summed E-state index contributed by atoms with van der Waals surface area (Å²) in [6.45, 7) is -0.237. The Morgan fingerprint density at radius 3 is 2.76 bits per heavy atom. The smallest absolute Gasteiger partial charge is 0.338 e. The van der Waals surface area contributed by atoms with Gasteiger partial charge >= 0.3 is 5.97 Å². The Kier molecular flexibility index (Phi) is 4.85. The third-order valence-corrected chi connectivity index (χ3v) is 3.88. The van der Waals surface area contributed by atoms with Gasteiger partial charge in [-0.1, -0.05) is 18.2 Å². The molecule has 9 heteroatoms. The predicted octanol–water partition coefficient (Wildman–Crippen LogP) is 3.76. The van der Waals surface area contributed by atoms with Gasteiger partial charge in [0.2, 0.25) is 5.89 Å². The summed E-state index contributed by atoms with van der Waals surface area (Å²) in [7, 11) is 0. The fraction of sp³-hybridized carbons (Fsp3) is 0.0625. The largest absolute Gasteiger partial charge is 0.452 e. The number of aromatic nitrogens is 2. The van der Waals surface area contributed by atoms with E-state index in [4.69, 9.17) is 9.15 Å². The lowest BCUT2D eigenvalue weighted by atomic mass is 10.2. The third-order valence-electron chi connectivity index (χ3n) is 3.19. The van der Waals surface area contributed by atoms with Gasteiger partial charge in [0, 0.05) is 16.6 Å². The van der Waals surface area contributed by atoms with Crippen LogP contribution in [0.3, 0.4) is 0 Å². The highest BCUT2D eigenvalue weighted by Crippen LogP contribution is 2.26. The van der Waals surface area contributed by atoms with Gasteiger partial charge < -0.3 is 9.15 Å². The van der Waals surface area contributed by atoms with E-state index in [2.05, 4.69) is 26.1 Å². The highest BCUT2D eigenvalue weighted by atomic mass is 79.9. The van der Waals surface area contributed by atoms with Crippen LogP contribution in [0.25, 0.3) is 11.5 Å². The van der Waals surface area contributed by atoms with Crippen molar-refractivity contribution >= 4 is 27.6 Å². The molecule has 126 valence electrons. The molecule has 3 rings (SSSR count). The molecule has 1 heterocycles. The number of nitrogens with zero attached hydrogens (tertiary/aromatic N) is 3. The molecule has 8 nitrogen and oxygen atoms in total. The van der Waals surface area contributed by atoms with E-state index >= 15 is 0 Å². The first-order chi connectivity index (χ1) is 12.0. The Balaban J connectivity index is 1.68. The van der Waals surface area contributed by atoms with Crippen LogP contribution in [0.4, 0.5) is 5.69 Å². The van der Waals surface area contributed by atoms with E-state index in [1.807, 2.05) is 18.2 Å². The molecule has 0 aliphatic carbocycles. The van der Waals surface area contributed by atoms with E-state index in [9.17, 15) is 14.9 Å². The Morgan fingerprint density at radius 2 is 2.00 bits per heavy atom. The normalized spacial score (nSPS) is 10.4. The summed E-state index contributed by atoms with van der Waals surface area (Å²) in [5.74, 6) is -0.317. The van der Waals surface area contributed by atoms with Crippen LogP contribution >= 0.6 is 15.9 Å². The Hall–Kier alpha value is -3.07. The Labute approximate surface area is 149 Å². The molecule has 2 aromatic carbocycles. The van der Waals surface area contributed by atoms with Crippen LogP contribution in [-0.4, -0.2) is 21.1 Å². The molecule has 0 saturated heterocycles.